The van der Waals surface area contributed by atoms with Crippen molar-refractivity contribution in [2.75, 3.05) is 35.6 Å². The van der Waals surface area contributed by atoms with E-state index in [-0.39, 0.29) is 23.9 Å². The molecule has 1 aliphatic heterocycles. The summed E-state index contributed by atoms with van der Waals surface area (Å²) in [6.45, 7) is 7.05. The number of aromatic nitrogens is 2. The number of unbranched alkanes of at least 4 members (excludes halogenated alkanes) is 1. The zero-order chi connectivity index (χ0) is 26.2. The number of nitrogens with zero attached hydrogens (tertiary/aromatic N) is 4. The van der Waals surface area contributed by atoms with Crippen LogP contribution in [0.4, 0.5) is 23.1 Å². The summed E-state index contributed by atoms with van der Waals surface area (Å²) in [5, 5.41) is 22.2. The summed E-state index contributed by atoms with van der Waals surface area (Å²) < 4.78 is 0.769. The molecular weight excluding hydrogens is 532 g/mol. The number of amides is 1. The van der Waals surface area contributed by atoms with Gasteiger partial charge in [-0.1, -0.05) is 6.42 Å². The quantitative estimate of drug-likeness (QED) is 0.283. The predicted molar refractivity (Wildman–Crippen MR) is 151 cm³/mol. The molecule has 2 heterocycles. The van der Waals surface area contributed by atoms with E-state index in [0.29, 0.717) is 24.2 Å². The fourth-order valence-corrected chi connectivity index (χ4v) is 5.40. The molecule has 0 spiro atoms. The van der Waals surface area contributed by atoms with Gasteiger partial charge in [-0.05, 0) is 86.3 Å². The van der Waals surface area contributed by atoms with Crippen molar-refractivity contribution in [3.05, 3.63) is 34.9 Å². The first-order chi connectivity index (χ1) is 17.9. The van der Waals surface area contributed by atoms with Crippen LogP contribution in [0.25, 0.3) is 0 Å². The predicted octanol–water partition coefficient (Wildman–Crippen LogP) is 4.88. The van der Waals surface area contributed by atoms with Crippen molar-refractivity contribution in [3.63, 3.8) is 0 Å². The second kappa shape index (κ2) is 13.1. The molecule has 2 fully saturated rings. The Balaban J connectivity index is 1.32. The van der Waals surface area contributed by atoms with E-state index in [1.807, 2.05) is 26.0 Å². The Morgan fingerprint density at radius 2 is 1.97 bits per heavy atom. The van der Waals surface area contributed by atoms with E-state index in [4.69, 9.17) is 5.26 Å². The van der Waals surface area contributed by atoms with Crippen LogP contribution in [0.5, 0.6) is 0 Å². The molecule has 37 heavy (non-hydrogen) atoms. The third kappa shape index (κ3) is 7.79. The van der Waals surface area contributed by atoms with Gasteiger partial charge in [0.25, 0.3) is 0 Å². The fourth-order valence-electron chi connectivity index (χ4n) is 5.09. The summed E-state index contributed by atoms with van der Waals surface area (Å²) in [6, 6.07) is 11.0. The van der Waals surface area contributed by atoms with Crippen molar-refractivity contribution < 1.29 is 4.79 Å². The van der Waals surface area contributed by atoms with Crippen molar-refractivity contribution in [1.82, 2.24) is 20.2 Å². The van der Waals surface area contributed by atoms with Gasteiger partial charge in [0, 0.05) is 55.2 Å². The molecule has 1 saturated heterocycles. The Morgan fingerprint density at radius 3 is 2.73 bits per heavy atom. The first kappa shape index (κ1) is 27.1. The average molecular weight is 570 g/mol. The first-order valence-electron chi connectivity index (χ1n) is 13.2. The third-order valence-electron chi connectivity index (χ3n) is 6.90. The molecule has 1 aromatic carbocycles. The molecule has 9 nitrogen and oxygen atoms in total. The monoisotopic (exact) mass is 568 g/mol. The molecule has 0 unspecified atom stereocenters. The summed E-state index contributed by atoms with van der Waals surface area (Å²) in [4.78, 5) is 24.1. The van der Waals surface area contributed by atoms with E-state index in [9.17, 15) is 4.79 Å². The smallest absolute Gasteiger partial charge is 0.229 e. The van der Waals surface area contributed by atoms with E-state index in [2.05, 4.69) is 70.3 Å². The standard InChI is InChI=1S/C27H37BrN8O/c1-18(2)31-26(37)22-6-5-7-24(22)34-25-23(28)16-30-27(35-25)33-20-10-8-19(9-11-20)32-21-12-15-36(17-21)14-4-3-13-29/h8-11,16,18,21-22,24,32H,3-7,12,14-15,17H2,1-2H3,(H,31,37)(H2,30,33,34,35)/t21-,22+,24+/m1/s1. The number of hydrogen-bond acceptors (Lipinski definition) is 8. The average Bonchev–Trinajstić information content (AvgIpc) is 3.52. The first-order valence-corrected chi connectivity index (χ1v) is 14.0. The number of hydrogen-bond donors (Lipinski definition) is 4. The fraction of sp³-hybridized carbons (Fsp3) is 0.556. The number of carbonyl (C=O) groups excluding carboxylic acids is 1. The molecule has 4 N–H and O–H groups in total. The molecule has 2 aromatic rings. The van der Waals surface area contributed by atoms with E-state index in [1.165, 1.54) is 0 Å². The number of halogens is 1. The molecule has 3 atom stereocenters. The summed E-state index contributed by atoms with van der Waals surface area (Å²) in [5.74, 6) is 1.22. The van der Waals surface area contributed by atoms with Gasteiger partial charge in [0.05, 0.1) is 16.5 Å². The van der Waals surface area contributed by atoms with Gasteiger partial charge < -0.3 is 26.2 Å². The van der Waals surface area contributed by atoms with Crippen molar-refractivity contribution in [1.29, 1.82) is 5.26 Å². The highest BCUT2D eigenvalue weighted by atomic mass is 79.9. The van der Waals surface area contributed by atoms with Crippen LogP contribution in [0.2, 0.25) is 0 Å². The lowest BCUT2D eigenvalue weighted by Gasteiger charge is -2.22. The molecule has 1 aliphatic carbocycles. The van der Waals surface area contributed by atoms with Crippen molar-refractivity contribution in [2.45, 2.75) is 70.5 Å². The number of benzene rings is 1. The van der Waals surface area contributed by atoms with Crippen LogP contribution in [0.3, 0.4) is 0 Å². The second-order valence-corrected chi connectivity index (χ2v) is 11.1. The zero-order valence-corrected chi connectivity index (χ0v) is 23.2. The Bertz CT molecular complexity index is 1090. The Kier molecular flexibility index (Phi) is 9.58. The maximum atomic E-state index is 12.6. The molecule has 0 radical (unpaired) electrons. The van der Waals surface area contributed by atoms with Crippen molar-refractivity contribution in [3.8, 4) is 6.07 Å². The summed E-state index contributed by atoms with van der Waals surface area (Å²) in [7, 11) is 0. The molecule has 10 heteroatoms. The molecule has 2 aliphatic rings. The normalized spacial score (nSPS) is 21.5. The van der Waals surface area contributed by atoms with Crippen LogP contribution in [0.15, 0.2) is 34.9 Å². The lowest BCUT2D eigenvalue weighted by atomic mass is 10.0. The summed E-state index contributed by atoms with van der Waals surface area (Å²) >= 11 is 3.55. The van der Waals surface area contributed by atoms with Gasteiger partial charge in [0.15, 0.2) is 0 Å². The van der Waals surface area contributed by atoms with Crippen LogP contribution in [-0.4, -0.2) is 58.5 Å². The number of nitrogens with one attached hydrogen (secondary N) is 4. The van der Waals surface area contributed by atoms with Gasteiger partial charge in [0.2, 0.25) is 11.9 Å². The number of rotatable bonds is 11. The number of carbonyl (C=O) groups is 1. The van der Waals surface area contributed by atoms with Crippen LogP contribution >= 0.6 is 15.9 Å². The van der Waals surface area contributed by atoms with E-state index >= 15 is 0 Å². The van der Waals surface area contributed by atoms with Crippen LogP contribution in [0.1, 0.15) is 52.4 Å². The summed E-state index contributed by atoms with van der Waals surface area (Å²) in [5.41, 5.74) is 1.99. The van der Waals surface area contributed by atoms with E-state index < -0.39 is 0 Å². The minimum Gasteiger partial charge on any atom is -0.381 e. The lowest BCUT2D eigenvalue weighted by molar-refractivity contribution is -0.125. The van der Waals surface area contributed by atoms with Gasteiger partial charge >= 0.3 is 0 Å². The zero-order valence-electron chi connectivity index (χ0n) is 21.6. The number of likely N-dealkylation sites (tertiary alicyclic amines) is 1. The highest BCUT2D eigenvalue weighted by Gasteiger charge is 2.33. The number of nitriles is 1. The largest absolute Gasteiger partial charge is 0.381 e. The number of anilines is 4. The van der Waals surface area contributed by atoms with E-state index in [1.54, 1.807) is 6.20 Å². The lowest BCUT2D eigenvalue weighted by Crippen LogP contribution is -2.41. The molecular formula is C27H37BrN8O. The Morgan fingerprint density at radius 1 is 1.19 bits per heavy atom. The molecule has 198 valence electrons. The minimum absolute atomic E-state index is 0.0426. The summed E-state index contributed by atoms with van der Waals surface area (Å²) in [6.07, 6.45) is 7.23. The molecule has 4 rings (SSSR count). The van der Waals surface area contributed by atoms with Crippen LogP contribution in [-0.2, 0) is 4.79 Å². The molecule has 1 saturated carbocycles. The van der Waals surface area contributed by atoms with Gasteiger partial charge in [0.1, 0.15) is 5.82 Å². The highest BCUT2D eigenvalue weighted by Crippen LogP contribution is 2.31. The molecule has 1 amide bonds. The van der Waals surface area contributed by atoms with Crippen molar-refractivity contribution in [2.24, 2.45) is 5.92 Å². The van der Waals surface area contributed by atoms with Crippen LogP contribution in [0, 0.1) is 17.2 Å². The Labute approximate surface area is 228 Å². The van der Waals surface area contributed by atoms with E-state index in [0.717, 1.165) is 67.6 Å². The third-order valence-corrected chi connectivity index (χ3v) is 7.48. The molecule has 1 aromatic heterocycles. The molecule has 0 bridgehead atoms. The van der Waals surface area contributed by atoms with Gasteiger partial charge in [-0.2, -0.15) is 10.2 Å². The maximum Gasteiger partial charge on any atom is 0.229 e. The highest BCUT2D eigenvalue weighted by molar-refractivity contribution is 9.10. The van der Waals surface area contributed by atoms with Crippen LogP contribution < -0.4 is 21.3 Å². The van der Waals surface area contributed by atoms with Gasteiger partial charge in [-0.15, -0.1) is 0 Å². The second-order valence-electron chi connectivity index (χ2n) is 10.2. The Hall–Kier alpha value is -2.90. The van der Waals surface area contributed by atoms with Gasteiger partial charge in [-0.3, -0.25) is 4.79 Å². The maximum absolute atomic E-state index is 12.6. The minimum atomic E-state index is -0.0646. The SMILES string of the molecule is CC(C)NC(=O)[C@H]1CCC[C@@H]1Nc1nc(Nc2ccc(N[C@@H]3CCN(CCCC#N)C3)cc2)ncc1Br. The van der Waals surface area contributed by atoms with Gasteiger partial charge in [-0.25, -0.2) is 4.98 Å². The van der Waals surface area contributed by atoms with Crippen molar-refractivity contribution >= 4 is 45.0 Å². The topological polar surface area (TPSA) is 118 Å².